The first kappa shape index (κ1) is 24.3. The number of likely N-dealkylation sites (N-methyl/N-ethyl adjacent to an activating group) is 1. The molecule has 9 nitrogen and oxygen atoms in total. The molecule has 1 atom stereocenters. The van der Waals surface area contributed by atoms with Crippen LogP contribution in [0.5, 0.6) is 5.75 Å². The Labute approximate surface area is 207 Å². The molecule has 0 bridgehead atoms. The molecule has 0 saturated carbocycles. The Morgan fingerprint density at radius 3 is 2.60 bits per heavy atom. The van der Waals surface area contributed by atoms with Gasteiger partial charge in [0.15, 0.2) is 5.13 Å². The minimum absolute atomic E-state index is 0.00821. The highest BCUT2D eigenvalue weighted by Crippen LogP contribution is 2.22. The molecular formula is C25H27N5O4S. The highest BCUT2D eigenvalue weighted by molar-refractivity contribution is 7.15. The predicted octanol–water partition coefficient (Wildman–Crippen LogP) is 3.43. The van der Waals surface area contributed by atoms with E-state index in [1.54, 1.807) is 18.3 Å². The fourth-order valence-electron chi connectivity index (χ4n) is 3.79. The third-order valence-electron chi connectivity index (χ3n) is 5.43. The van der Waals surface area contributed by atoms with Gasteiger partial charge in [0.1, 0.15) is 12.3 Å². The summed E-state index contributed by atoms with van der Waals surface area (Å²) in [4.78, 5) is 49.1. The standard InChI is InChI=1S/C25H27N5O4S/c1-16(9-18-7-5-4-6-8-18)34-21-10-19(12-22(31)28-24-26-13-17(2)35-24)27-20(11-21)14-30-15-23(32)29(3)25(30)33/h4-8,10-11,13,16H,9,12,14-15H2,1-3H3,(H,26,28,31)/t16-/m0/s1. The summed E-state index contributed by atoms with van der Waals surface area (Å²) in [7, 11) is 1.46. The average Bonchev–Trinajstić information content (AvgIpc) is 3.31. The summed E-state index contributed by atoms with van der Waals surface area (Å²) in [5.74, 6) is 0.0364. The molecule has 1 fully saturated rings. The summed E-state index contributed by atoms with van der Waals surface area (Å²) in [6.45, 7) is 4.02. The van der Waals surface area contributed by atoms with Gasteiger partial charge in [-0.3, -0.25) is 19.5 Å². The van der Waals surface area contributed by atoms with E-state index in [4.69, 9.17) is 4.74 Å². The molecule has 1 aliphatic heterocycles. The van der Waals surface area contributed by atoms with Crippen LogP contribution in [-0.4, -0.2) is 57.3 Å². The van der Waals surface area contributed by atoms with E-state index in [2.05, 4.69) is 15.3 Å². The highest BCUT2D eigenvalue weighted by atomic mass is 32.1. The van der Waals surface area contributed by atoms with Gasteiger partial charge in [0.05, 0.1) is 30.5 Å². The van der Waals surface area contributed by atoms with Crippen LogP contribution in [0.15, 0.2) is 48.7 Å². The second kappa shape index (κ2) is 10.6. The Kier molecular flexibility index (Phi) is 7.40. The van der Waals surface area contributed by atoms with E-state index in [-0.39, 0.29) is 43.5 Å². The number of urea groups is 1. The van der Waals surface area contributed by atoms with Gasteiger partial charge in [0, 0.05) is 36.7 Å². The van der Waals surface area contributed by atoms with Crippen LogP contribution in [0.1, 0.15) is 28.8 Å². The third kappa shape index (κ3) is 6.42. The Balaban J connectivity index is 1.52. The summed E-state index contributed by atoms with van der Waals surface area (Å²) in [6, 6.07) is 13.1. The van der Waals surface area contributed by atoms with Crippen molar-refractivity contribution in [1.82, 2.24) is 19.8 Å². The maximum Gasteiger partial charge on any atom is 0.327 e. The highest BCUT2D eigenvalue weighted by Gasteiger charge is 2.33. The largest absolute Gasteiger partial charge is 0.490 e. The number of pyridine rings is 1. The minimum atomic E-state index is -0.376. The molecule has 10 heteroatoms. The van der Waals surface area contributed by atoms with Crippen molar-refractivity contribution in [3.05, 3.63) is 70.5 Å². The molecule has 1 N–H and O–H groups in total. The van der Waals surface area contributed by atoms with Crippen LogP contribution in [0.3, 0.4) is 0 Å². The lowest BCUT2D eigenvalue weighted by Crippen LogP contribution is -2.30. The molecule has 0 unspecified atom stereocenters. The molecule has 2 aromatic heterocycles. The van der Waals surface area contributed by atoms with E-state index in [1.165, 1.54) is 23.3 Å². The van der Waals surface area contributed by atoms with Gasteiger partial charge in [-0.2, -0.15) is 0 Å². The number of aromatic nitrogens is 2. The number of imide groups is 1. The number of ether oxygens (including phenoxy) is 1. The van der Waals surface area contributed by atoms with Crippen molar-refractivity contribution in [1.29, 1.82) is 0 Å². The first-order chi connectivity index (χ1) is 16.8. The number of hydrogen-bond acceptors (Lipinski definition) is 7. The predicted molar refractivity (Wildman–Crippen MR) is 132 cm³/mol. The molecule has 3 aromatic rings. The molecule has 4 rings (SSSR count). The third-order valence-corrected chi connectivity index (χ3v) is 6.26. The van der Waals surface area contributed by atoms with Crippen molar-refractivity contribution in [2.75, 3.05) is 18.9 Å². The smallest absolute Gasteiger partial charge is 0.327 e. The number of benzene rings is 1. The van der Waals surface area contributed by atoms with Crippen LogP contribution >= 0.6 is 11.3 Å². The lowest BCUT2D eigenvalue weighted by Gasteiger charge is -2.18. The molecule has 1 saturated heterocycles. The van der Waals surface area contributed by atoms with Gasteiger partial charge >= 0.3 is 6.03 Å². The van der Waals surface area contributed by atoms with E-state index < -0.39 is 0 Å². The second-order valence-electron chi connectivity index (χ2n) is 8.50. The monoisotopic (exact) mass is 493 g/mol. The van der Waals surface area contributed by atoms with Crippen molar-refractivity contribution < 1.29 is 19.1 Å². The maximum atomic E-state index is 12.6. The number of aryl methyl sites for hydroxylation is 1. The lowest BCUT2D eigenvalue weighted by atomic mass is 10.1. The number of nitrogens with one attached hydrogen (secondary N) is 1. The zero-order chi connectivity index (χ0) is 24.9. The molecule has 182 valence electrons. The maximum absolute atomic E-state index is 12.6. The minimum Gasteiger partial charge on any atom is -0.490 e. The van der Waals surface area contributed by atoms with Gasteiger partial charge in [-0.25, -0.2) is 9.78 Å². The molecule has 35 heavy (non-hydrogen) atoms. The topological polar surface area (TPSA) is 105 Å². The average molecular weight is 494 g/mol. The van der Waals surface area contributed by atoms with Crippen LogP contribution in [0, 0.1) is 6.92 Å². The zero-order valence-electron chi connectivity index (χ0n) is 19.9. The van der Waals surface area contributed by atoms with Gasteiger partial charge in [-0.15, -0.1) is 11.3 Å². The molecular weight excluding hydrogens is 466 g/mol. The Bertz CT molecular complexity index is 1230. The van der Waals surface area contributed by atoms with Gasteiger partial charge in [-0.05, 0) is 19.4 Å². The number of amides is 4. The molecule has 0 spiro atoms. The molecule has 1 aliphatic rings. The normalized spacial score (nSPS) is 14.4. The number of thiazole rings is 1. The number of anilines is 1. The van der Waals surface area contributed by atoms with Crippen molar-refractivity contribution >= 4 is 34.3 Å². The summed E-state index contributed by atoms with van der Waals surface area (Å²) in [5, 5.41) is 3.32. The molecule has 0 aliphatic carbocycles. The summed E-state index contributed by atoms with van der Waals surface area (Å²) in [6.07, 6.45) is 2.29. The van der Waals surface area contributed by atoms with Crippen LogP contribution in [0.4, 0.5) is 9.93 Å². The van der Waals surface area contributed by atoms with Crippen LogP contribution < -0.4 is 10.1 Å². The van der Waals surface area contributed by atoms with Crippen molar-refractivity contribution in [3.8, 4) is 5.75 Å². The molecule has 1 aromatic carbocycles. The van der Waals surface area contributed by atoms with Gasteiger partial charge < -0.3 is 15.0 Å². The van der Waals surface area contributed by atoms with E-state index in [1.807, 2.05) is 44.2 Å². The van der Waals surface area contributed by atoms with Crippen molar-refractivity contribution in [2.24, 2.45) is 0 Å². The molecule has 3 heterocycles. The van der Waals surface area contributed by atoms with E-state index in [9.17, 15) is 14.4 Å². The van der Waals surface area contributed by atoms with Crippen molar-refractivity contribution in [2.45, 2.75) is 39.3 Å². The number of rotatable bonds is 9. The molecule has 4 amide bonds. The van der Waals surface area contributed by atoms with E-state index >= 15 is 0 Å². The Morgan fingerprint density at radius 1 is 1.20 bits per heavy atom. The Hall–Kier alpha value is -3.79. The number of nitrogens with zero attached hydrogens (tertiary/aromatic N) is 4. The SMILES string of the molecule is Cc1cnc(NC(=O)Cc2cc(O[C@@H](C)Cc3ccccc3)cc(CN3CC(=O)N(C)C3=O)n2)s1. The quantitative estimate of drug-likeness (QED) is 0.458. The van der Waals surface area contributed by atoms with Crippen LogP contribution in [0.2, 0.25) is 0 Å². The number of hydrogen-bond donors (Lipinski definition) is 1. The van der Waals surface area contributed by atoms with E-state index in [0.717, 1.165) is 15.3 Å². The fourth-order valence-corrected chi connectivity index (χ4v) is 4.47. The van der Waals surface area contributed by atoms with Gasteiger partial charge in [0.2, 0.25) is 11.8 Å². The van der Waals surface area contributed by atoms with E-state index in [0.29, 0.717) is 28.7 Å². The lowest BCUT2D eigenvalue weighted by molar-refractivity contribution is -0.124. The number of carbonyl (C=O) groups excluding carboxylic acids is 3. The second-order valence-corrected chi connectivity index (χ2v) is 9.73. The fraction of sp³-hybridized carbons (Fsp3) is 0.320. The van der Waals surface area contributed by atoms with Crippen LogP contribution in [0.25, 0.3) is 0 Å². The zero-order valence-corrected chi connectivity index (χ0v) is 20.7. The van der Waals surface area contributed by atoms with Gasteiger partial charge in [-0.1, -0.05) is 30.3 Å². The first-order valence-corrected chi connectivity index (χ1v) is 12.1. The first-order valence-electron chi connectivity index (χ1n) is 11.2. The Morgan fingerprint density at radius 2 is 1.94 bits per heavy atom. The summed E-state index contributed by atoms with van der Waals surface area (Å²) >= 11 is 1.40. The summed E-state index contributed by atoms with van der Waals surface area (Å²) in [5.41, 5.74) is 2.19. The van der Waals surface area contributed by atoms with Crippen molar-refractivity contribution in [3.63, 3.8) is 0 Å². The van der Waals surface area contributed by atoms with Gasteiger partial charge in [0.25, 0.3) is 0 Å². The van der Waals surface area contributed by atoms with Crippen LogP contribution in [-0.2, 0) is 29.0 Å². The molecule has 0 radical (unpaired) electrons. The number of carbonyl (C=O) groups is 3. The summed E-state index contributed by atoms with van der Waals surface area (Å²) < 4.78 is 6.17.